The molecule has 150 valence electrons. The molecular formula is C23H19ClN4O2. The van der Waals surface area contributed by atoms with E-state index in [4.69, 9.17) is 11.6 Å². The van der Waals surface area contributed by atoms with Crippen LogP contribution in [0.3, 0.4) is 0 Å². The van der Waals surface area contributed by atoms with Crippen molar-refractivity contribution in [2.75, 3.05) is 5.32 Å². The molecule has 1 saturated carbocycles. The quantitative estimate of drug-likeness (QED) is 0.666. The molecule has 0 aliphatic heterocycles. The van der Waals surface area contributed by atoms with Crippen molar-refractivity contribution < 1.29 is 9.59 Å². The van der Waals surface area contributed by atoms with Crippen molar-refractivity contribution in [2.24, 2.45) is 0 Å². The molecule has 2 aromatic heterocycles. The average molecular weight is 419 g/mol. The molecule has 0 atom stereocenters. The Hall–Kier alpha value is -3.43. The lowest BCUT2D eigenvalue weighted by Gasteiger charge is -2.29. The van der Waals surface area contributed by atoms with Gasteiger partial charge in [-0.25, -0.2) is 0 Å². The van der Waals surface area contributed by atoms with Crippen molar-refractivity contribution in [3.05, 3.63) is 77.3 Å². The van der Waals surface area contributed by atoms with Gasteiger partial charge in [-0.3, -0.25) is 14.6 Å². The first-order valence-corrected chi connectivity index (χ1v) is 10.0. The minimum Gasteiger partial charge on any atom is -0.323 e. The standard InChI is InChI=1S/C23H19ClN4O2/c24-17-1-4-19(5-2-17)28-12-9-16(14-28)22(30)27-18-3-6-21(26-13-18)23(15-25)10-7-20(29)8-11-23/h1-6,9,12-14H,7-8,10-11H2,(H,27,30). The number of amides is 1. The molecule has 0 radical (unpaired) electrons. The molecule has 30 heavy (non-hydrogen) atoms. The van der Waals surface area contributed by atoms with E-state index in [2.05, 4.69) is 16.4 Å². The van der Waals surface area contributed by atoms with E-state index in [0.29, 0.717) is 47.7 Å². The third-order valence-corrected chi connectivity index (χ3v) is 5.72. The Balaban J connectivity index is 1.46. The number of nitrogens with one attached hydrogen (secondary N) is 1. The summed E-state index contributed by atoms with van der Waals surface area (Å²) in [5.41, 5.74) is 1.87. The molecule has 1 fully saturated rings. The highest BCUT2D eigenvalue weighted by Crippen LogP contribution is 2.37. The van der Waals surface area contributed by atoms with Gasteiger partial charge in [0, 0.05) is 35.9 Å². The number of rotatable bonds is 4. The zero-order valence-electron chi connectivity index (χ0n) is 16.1. The first-order valence-electron chi connectivity index (χ1n) is 9.64. The number of nitriles is 1. The Labute approximate surface area is 179 Å². The molecule has 0 saturated heterocycles. The molecule has 7 heteroatoms. The van der Waals surface area contributed by atoms with Gasteiger partial charge in [0.25, 0.3) is 5.91 Å². The predicted octanol–water partition coefficient (Wildman–Crippen LogP) is 4.68. The van der Waals surface area contributed by atoms with E-state index >= 15 is 0 Å². The maximum Gasteiger partial charge on any atom is 0.257 e. The maximum absolute atomic E-state index is 12.6. The summed E-state index contributed by atoms with van der Waals surface area (Å²) >= 11 is 5.92. The second-order valence-corrected chi connectivity index (χ2v) is 7.84. The lowest BCUT2D eigenvalue weighted by molar-refractivity contribution is -0.121. The number of nitrogens with zero attached hydrogens (tertiary/aromatic N) is 3. The fourth-order valence-electron chi connectivity index (χ4n) is 3.64. The first kappa shape index (κ1) is 19.9. The lowest BCUT2D eigenvalue weighted by Crippen LogP contribution is -2.31. The van der Waals surface area contributed by atoms with Crippen molar-refractivity contribution in [2.45, 2.75) is 31.1 Å². The third kappa shape index (κ3) is 3.98. The molecule has 0 bridgehead atoms. The fourth-order valence-corrected chi connectivity index (χ4v) is 3.77. The summed E-state index contributed by atoms with van der Waals surface area (Å²) < 4.78 is 1.84. The fraction of sp³-hybridized carbons (Fsp3) is 0.217. The maximum atomic E-state index is 12.6. The average Bonchev–Trinajstić information content (AvgIpc) is 3.26. The van der Waals surface area contributed by atoms with Crippen LogP contribution in [0, 0.1) is 11.3 Å². The number of anilines is 1. The van der Waals surface area contributed by atoms with E-state index < -0.39 is 5.41 Å². The monoisotopic (exact) mass is 418 g/mol. The molecule has 3 aromatic rings. The summed E-state index contributed by atoms with van der Waals surface area (Å²) in [6.07, 6.45) is 6.87. The van der Waals surface area contributed by atoms with Crippen LogP contribution in [0.4, 0.5) is 5.69 Å². The van der Waals surface area contributed by atoms with Crippen LogP contribution in [-0.4, -0.2) is 21.2 Å². The first-order chi connectivity index (χ1) is 14.5. The van der Waals surface area contributed by atoms with Crippen LogP contribution in [-0.2, 0) is 10.2 Å². The highest BCUT2D eigenvalue weighted by Gasteiger charge is 2.37. The Morgan fingerprint density at radius 1 is 1.13 bits per heavy atom. The molecule has 1 N–H and O–H groups in total. The van der Waals surface area contributed by atoms with E-state index in [1.807, 2.05) is 16.7 Å². The van der Waals surface area contributed by atoms with Crippen molar-refractivity contribution in [1.29, 1.82) is 5.26 Å². The van der Waals surface area contributed by atoms with Crippen molar-refractivity contribution >= 4 is 29.0 Å². The topological polar surface area (TPSA) is 87.8 Å². The van der Waals surface area contributed by atoms with Crippen LogP contribution in [0.2, 0.25) is 5.02 Å². The van der Waals surface area contributed by atoms with Crippen LogP contribution >= 0.6 is 11.6 Å². The molecule has 4 rings (SSSR count). The summed E-state index contributed by atoms with van der Waals surface area (Å²) in [6, 6.07) is 14.9. The minimum absolute atomic E-state index is 0.190. The van der Waals surface area contributed by atoms with Gasteiger partial charge in [-0.15, -0.1) is 0 Å². The Kier molecular flexibility index (Phi) is 5.39. The van der Waals surface area contributed by atoms with Gasteiger partial charge in [0.05, 0.1) is 29.2 Å². The summed E-state index contributed by atoms with van der Waals surface area (Å²) in [5.74, 6) is -0.0641. The Morgan fingerprint density at radius 2 is 1.87 bits per heavy atom. The van der Waals surface area contributed by atoms with E-state index in [9.17, 15) is 14.9 Å². The number of carbonyl (C=O) groups excluding carboxylic acids is 2. The molecule has 2 heterocycles. The van der Waals surface area contributed by atoms with Crippen LogP contribution < -0.4 is 5.32 Å². The molecule has 1 amide bonds. The zero-order chi connectivity index (χ0) is 21.1. The smallest absolute Gasteiger partial charge is 0.257 e. The van der Waals surface area contributed by atoms with Crippen molar-refractivity contribution in [3.8, 4) is 11.8 Å². The van der Waals surface area contributed by atoms with Crippen LogP contribution in [0.5, 0.6) is 0 Å². The summed E-state index contributed by atoms with van der Waals surface area (Å²) in [6.45, 7) is 0. The molecule has 0 unspecified atom stereocenters. The predicted molar refractivity (Wildman–Crippen MR) is 114 cm³/mol. The van der Waals surface area contributed by atoms with E-state index in [1.54, 1.807) is 48.9 Å². The third-order valence-electron chi connectivity index (χ3n) is 5.47. The van der Waals surface area contributed by atoms with Crippen LogP contribution in [0.1, 0.15) is 41.7 Å². The highest BCUT2D eigenvalue weighted by molar-refractivity contribution is 6.30. The normalized spacial score (nSPS) is 15.4. The summed E-state index contributed by atoms with van der Waals surface area (Å²) in [7, 11) is 0. The van der Waals surface area contributed by atoms with E-state index in [1.165, 1.54) is 0 Å². The molecule has 0 spiro atoms. The Bertz CT molecular complexity index is 1120. The zero-order valence-corrected chi connectivity index (χ0v) is 16.9. The molecule has 1 aliphatic carbocycles. The number of carbonyl (C=O) groups is 2. The van der Waals surface area contributed by atoms with Crippen molar-refractivity contribution in [1.82, 2.24) is 9.55 Å². The molecule has 6 nitrogen and oxygen atoms in total. The van der Waals surface area contributed by atoms with E-state index in [-0.39, 0.29) is 11.7 Å². The highest BCUT2D eigenvalue weighted by atomic mass is 35.5. The van der Waals surface area contributed by atoms with Gasteiger partial charge in [0.1, 0.15) is 11.2 Å². The number of hydrogen-bond acceptors (Lipinski definition) is 4. The largest absolute Gasteiger partial charge is 0.323 e. The van der Waals surface area contributed by atoms with Gasteiger partial charge in [-0.2, -0.15) is 5.26 Å². The van der Waals surface area contributed by atoms with Gasteiger partial charge in [0.15, 0.2) is 0 Å². The SMILES string of the molecule is N#CC1(c2ccc(NC(=O)c3ccn(-c4ccc(Cl)cc4)c3)cn2)CCC(=O)CC1. The second kappa shape index (κ2) is 8.13. The van der Waals surface area contributed by atoms with Gasteiger partial charge in [-0.1, -0.05) is 11.6 Å². The number of Topliss-reactive ketones (excluding diaryl/α,β-unsaturated/α-hetero) is 1. The van der Waals surface area contributed by atoms with Gasteiger partial charge >= 0.3 is 0 Å². The minimum atomic E-state index is -0.730. The summed E-state index contributed by atoms with van der Waals surface area (Å²) in [4.78, 5) is 28.5. The Morgan fingerprint density at radius 3 is 2.50 bits per heavy atom. The number of ketones is 1. The van der Waals surface area contributed by atoms with Gasteiger partial charge < -0.3 is 9.88 Å². The lowest BCUT2D eigenvalue weighted by atomic mass is 9.72. The second-order valence-electron chi connectivity index (χ2n) is 7.40. The van der Waals surface area contributed by atoms with Gasteiger partial charge in [-0.05, 0) is 55.3 Å². The summed E-state index contributed by atoms with van der Waals surface area (Å²) in [5, 5.41) is 13.2. The number of pyridine rings is 1. The van der Waals surface area contributed by atoms with Crippen LogP contribution in [0.25, 0.3) is 5.69 Å². The molecule has 1 aromatic carbocycles. The molecule has 1 aliphatic rings. The number of hydrogen-bond donors (Lipinski definition) is 1. The molecular weight excluding hydrogens is 400 g/mol. The van der Waals surface area contributed by atoms with E-state index in [0.717, 1.165) is 5.69 Å². The number of halogens is 1. The van der Waals surface area contributed by atoms with Gasteiger partial charge in [0.2, 0.25) is 0 Å². The van der Waals surface area contributed by atoms with Crippen LogP contribution in [0.15, 0.2) is 61.1 Å². The number of benzene rings is 1. The number of aromatic nitrogens is 2. The van der Waals surface area contributed by atoms with Crippen molar-refractivity contribution in [3.63, 3.8) is 0 Å².